The maximum absolute atomic E-state index is 5.97. The second-order valence-electron chi connectivity index (χ2n) is 9.53. The molecule has 1 saturated heterocycles. The normalized spacial score (nSPS) is 15.9. The first kappa shape index (κ1) is 30.2. The molecule has 1 aliphatic carbocycles. The molecule has 0 spiro atoms. The number of aryl methyl sites for hydroxylation is 2. The Balaban J connectivity index is 0.00000205. The summed E-state index contributed by atoms with van der Waals surface area (Å²) in [6, 6.07) is 15.1. The van der Waals surface area contributed by atoms with Gasteiger partial charge in [0.2, 0.25) is 0 Å². The van der Waals surface area contributed by atoms with E-state index in [0.29, 0.717) is 6.61 Å². The zero-order valence-corrected chi connectivity index (χ0v) is 24.3. The monoisotopic (exact) mass is 530 g/mol. The highest BCUT2D eigenvalue weighted by molar-refractivity contribution is 5.72. The molecule has 39 heavy (non-hydrogen) atoms. The molecular formula is C33H46N4O2. The molecule has 0 unspecified atom stereocenters. The van der Waals surface area contributed by atoms with Gasteiger partial charge in [-0.3, -0.25) is 9.89 Å². The Hall–Kier alpha value is -3.35. The van der Waals surface area contributed by atoms with Crippen LogP contribution >= 0.6 is 0 Å². The van der Waals surface area contributed by atoms with E-state index >= 15 is 0 Å². The number of nitrogens with zero attached hydrogens (tertiary/aromatic N) is 2. The molecule has 0 saturated carbocycles. The molecule has 1 heterocycles. The number of nitrogens with one attached hydrogen (secondary N) is 2. The van der Waals surface area contributed by atoms with E-state index in [1.165, 1.54) is 41.5 Å². The molecule has 0 atom stereocenters. The third-order valence-electron chi connectivity index (χ3n) is 7.01. The van der Waals surface area contributed by atoms with Gasteiger partial charge in [0, 0.05) is 44.5 Å². The van der Waals surface area contributed by atoms with Crippen molar-refractivity contribution in [2.75, 3.05) is 46.5 Å². The first-order valence-corrected chi connectivity index (χ1v) is 14.3. The van der Waals surface area contributed by atoms with Gasteiger partial charge in [0.25, 0.3) is 0 Å². The summed E-state index contributed by atoms with van der Waals surface area (Å²) in [5.41, 5.74) is 8.50. The molecular weight excluding hydrogens is 484 g/mol. The number of hydrogen-bond donors (Lipinski definition) is 2. The van der Waals surface area contributed by atoms with Crippen molar-refractivity contribution in [3.8, 4) is 5.75 Å². The maximum Gasteiger partial charge on any atom is 0.119 e. The lowest BCUT2D eigenvalue weighted by Crippen LogP contribution is -2.38. The van der Waals surface area contributed by atoms with Crippen LogP contribution < -0.4 is 15.4 Å². The number of hydrogen-bond acceptors (Lipinski definition) is 5. The molecule has 0 bridgehead atoms. The van der Waals surface area contributed by atoms with Gasteiger partial charge in [-0.1, -0.05) is 44.7 Å². The first-order chi connectivity index (χ1) is 19.1. The molecule has 2 aromatic rings. The number of morpholine rings is 1. The second-order valence-corrected chi connectivity index (χ2v) is 9.53. The molecule has 4 rings (SSSR count). The first-order valence-electron chi connectivity index (χ1n) is 14.3. The Kier molecular flexibility index (Phi) is 12.8. The fraction of sp³-hybridized carbons (Fsp3) is 0.424. The van der Waals surface area contributed by atoms with Gasteiger partial charge in [0.15, 0.2) is 0 Å². The smallest absolute Gasteiger partial charge is 0.119 e. The highest BCUT2D eigenvalue weighted by Crippen LogP contribution is 2.28. The Morgan fingerprint density at radius 1 is 1.05 bits per heavy atom. The maximum atomic E-state index is 5.97. The topological polar surface area (TPSA) is 58.1 Å². The van der Waals surface area contributed by atoms with Gasteiger partial charge in [0.1, 0.15) is 12.4 Å². The lowest BCUT2D eigenvalue weighted by atomic mass is 9.98. The Labute approximate surface area is 235 Å². The van der Waals surface area contributed by atoms with E-state index in [1.54, 1.807) is 13.4 Å². The summed E-state index contributed by atoms with van der Waals surface area (Å²) in [6.07, 6.45) is 10.0. The minimum absolute atomic E-state index is 0.675. The zero-order chi connectivity index (χ0) is 27.9. The second kappa shape index (κ2) is 16.6. The molecule has 0 aromatic heterocycles. The highest BCUT2D eigenvalue weighted by atomic mass is 16.5. The van der Waals surface area contributed by atoms with Gasteiger partial charge in [-0.15, -0.1) is 0 Å². The summed E-state index contributed by atoms with van der Waals surface area (Å²) in [7, 11) is 1.75. The van der Waals surface area contributed by atoms with Crippen LogP contribution in [0.5, 0.6) is 5.75 Å². The molecule has 210 valence electrons. The SMILES string of the molecule is C=C(N/C(C/C=C\NC=NC)=C(\C)c1ccc2c(c1)CCC2)c1ccc(OCCN2CCOCC2)cc1.CC. The van der Waals surface area contributed by atoms with Crippen LogP contribution in [-0.4, -0.2) is 57.7 Å². The average molecular weight is 531 g/mol. The Morgan fingerprint density at radius 2 is 1.77 bits per heavy atom. The van der Waals surface area contributed by atoms with Gasteiger partial charge < -0.3 is 20.1 Å². The van der Waals surface area contributed by atoms with E-state index < -0.39 is 0 Å². The van der Waals surface area contributed by atoms with Crippen LogP contribution in [0.15, 0.2) is 72.0 Å². The Bertz CT molecular complexity index is 1130. The van der Waals surface area contributed by atoms with Crippen molar-refractivity contribution < 1.29 is 9.47 Å². The molecule has 2 N–H and O–H groups in total. The molecule has 2 aliphatic rings. The third kappa shape index (κ3) is 9.41. The zero-order valence-electron chi connectivity index (χ0n) is 24.3. The molecule has 1 fully saturated rings. The minimum Gasteiger partial charge on any atom is -0.492 e. The number of benzene rings is 2. The van der Waals surface area contributed by atoms with Crippen LogP contribution in [0, 0.1) is 0 Å². The number of aliphatic imine (C=N–C) groups is 1. The number of fused-ring (bicyclic) bond motifs is 1. The standard InChI is InChI=1S/C31H40N4O2.C2H6/c1-24(28-10-9-27-6-4-7-29(27)22-28)31(8-5-15-33-23-32-3)34-25(2)26-11-13-30(14-12-26)37-21-18-35-16-19-36-20-17-35;1-2/h5,9-15,22-23,34H,2,4,6-8,16-21H2,1,3H3,(H,32,33);1-2H3/b15-5-,31-24+;. The lowest BCUT2D eigenvalue weighted by Gasteiger charge is -2.26. The van der Waals surface area contributed by atoms with Crippen LogP contribution in [0.4, 0.5) is 0 Å². The van der Waals surface area contributed by atoms with Crippen molar-refractivity contribution >= 4 is 17.6 Å². The lowest BCUT2D eigenvalue weighted by molar-refractivity contribution is 0.0322. The molecule has 6 heteroatoms. The largest absolute Gasteiger partial charge is 0.492 e. The van der Waals surface area contributed by atoms with Crippen molar-refractivity contribution in [3.63, 3.8) is 0 Å². The summed E-state index contributed by atoms with van der Waals surface area (Å²) in [5, 5.41) is 6.67. The molecule has 1 aliphatic heterocycles. The summed E-state index contributed by atoms with van der Waals surface area (Å²) in [6.45, 7) is 15.7. The number of ether oxygens (including phenoxy) is 2. The van der Waals surface area contributed by atoms with E-state index in [9.17, 15) is 0 Å². The summed E-state index contributed by atoms with van der Waals surface area (Å²) >= 11 is 0. The van der Waals surface area contributed by atoms with Crippen LogP contribution in [0.25, 0.3) is 11.3 Å². The average Bonchev–Trinajstić information content (AvgIpc) is 3.46. The van der Waals surface area contributed by atoms with E-state index in [0.717, 1.165) is 62.0 Å². The van der Waals surface area contributed by atoms with E-state index in [1.807, 2.05) is 32.2 Å². The van der Waals surface area contributed by atoms with Gasteiger partial charge in [0.05, 0.1) is 19.6 Å². The number of allylic oxidation sites excluding steroid dienone is 2. The van der Waals surface area contributed by atoms with Gasteiger partial charge in [-0.25, -0.2) is 0 Å². The van der Waals surface area contributed by atoms with Crippen molar-refractivity contribution in [2.24, 2.45) is 4.99 Å². The van der Waals surface area contributed by atoms with Crippen LogP contribution in [-0.2, 0) is 17.6 Å². The van der Waals surface area contributed by atoms with Crippen molar-refractivity contribution in [1.29, 1.82) is 0 Å². The quantitative estimate of drug-likeness (QED) is 0.258. The van der Waals surface area contributed by atoms with Crippen molar-refractivity contribution in [2.45, 2.75) is 46.5 Å². The van der Waals surface area contributed by atoms with Crippen molar-refractivity contribution in [3.05, 3.63) is 89.3 Å². The van der Waals surface area contributed by atoms with E-state index in [-0.39, 0.29) is 0 Å². The summed E-state index contributed by atoms with van der Waals surface area (Å²) in [5.74, 6) is 0.876. The molecule has 0 radical (unpaired) electrons. The molecule has 0 amide bonds. The summed E-state index contributed by atoms with van der Waals surface area (Å²) < 4.78 is 11.4. The minimum atomic E-state index is 0.675. The predicted octanol–water partition coefficient (Wildman–Crippen LogP) is 6.06. The van der Waals surface area contributed by atoms with Gasteiger partial charge in [-0.2, -0.15) is 0 Å². The predicted molar refractivity (Wildman–Crippen MR) is 165 cm³/mol. The van der Waals surface area contributed by atoms with Crippen LogP contribution in [0.1, 0.15) is 55.9 Å². The highest BCUT2D eigenvalue weighted by Gasteiger charge is 2.14. The third-order valence-corrected chi connectivity index (χ3v) is 7.01. The van der Waals surface area contributed by atoms with Gasteiger partial charge in [-0.05, 0) is 84.5 Å². The fourth-order valence-electron chi connectivity index (χ4n) is 4.76. The van der Waals surface area contributed by atoms with E-state index in [2.05, 4.69) is 70.4 Å². The van der Waals surface area contributed by atoms with Crippen molar-refractivity contribution in [1.82, 2.24) is 15.5 Å². The van der Waals surface area contributed by atoms with Crippen LogP contribution in [0.2, 0.25) is 0 Å². The molecule has 2 aromatic carbocycles. The number of rotatable bonds is 12. The Morgan fingerprint density at radius 3 is 2.51 bits per heavy atom. The fourth-order valence-corrected chi connectivity index (χ4v) is 4.76. The van der Waals surface area contributed by atoms with Crippen LogP contribution in [0.3, 0.4) is 0 Å². The summed E-state index contributed by atoms with van der Waals surface area (Å²) in [4.78, 5) is 6.33. The van der Waals surface area contributed by atoms with E-state index in [4.69, 9.17) is 9.47 Å². The van der Waals surface area contributed by atoms with Gasteiger partial charge >= 0.3 is 0 Å². The molecule has 6 nitrogen and oxygen atoms in total.